The summed E-state index contributed by atoms with van der Waals surface area (Å²) < 4.78 is 22.7. The summed E-state index contributed by atoms with van der Waals surface area (Å²) in [5.41, 5.74) is 0.270. The van der Waals surface area contributed by atoms with Crippen LogP contribution in [0.4, 0.5) is 5.82 Å². The van der Waals surface area contributed by atoms with E-state index in [9.17, 15) is 14.5 Å². The highest BCUT2D eigenvalue weighted by Crippen LogP contribution is 2.40. The smallest absolute Gasteiger partial charge is 0.390 e. The molecule has 3 N–H and O–H groups in total. The van der Waals surface area contributed by atoms with E-state index in [0.717, 1.165) is 0 Å². The van der Waals surface area contributed by atoms with E-state index in [1.165, 1.54) is 6.33 Å². The minimum absolute atomic E-state index is 0.169. The fraction of sp³-hybridized carbons (Fsp3) is 0.714. The number of nitrogens with zero attached hydrogens (tertiary/aromatic N) is 5. The normalized spacial score (nSPS) is 29.0. The molecule has 1 fully saturated rings. The lowest BCUT2D eigenvalue weighted by atomic mass is 10.2. The molecular weight excluding hydrogens is 381 g/mol. The molecule has 1 amide bonds. The molecule has 0 spiro atoms. The molecule has 3 rings (SSSR count). The van der Waals surface area contributed by atoms with E-state index in [4.69, 9.17) is 14.5 Å². The van der Waals surface area contributed by atoms with E-state index in [-0.39, 0.29) is 24.3 Å². The Balaban J connectivity index is 1.85. The van der Waals surface area contributed by atoms with Gasteiger partial charge in [-0.2, -0.15) is 0 Å². The van der Waals surface area contributed by atoms with Crippen molar-refractivity contribution >= 4 is 19.5 Å². The lowest BCUT2D eigenvalue weighted by molar-refractivity contribution is -0.0435. The van der Waals surface area contributed by atoms with Crippen molar-refractivity contribution in [1.29, 1.82) is 0 Å². The fourth-order valence-electron chi connectivity index (χ4n) is 3.61. The van der Waals surface area contributed by atoms with Gasteiger partial charge in [-0.3, -0.25) is 18.8 Å². The first-order chi connectivity index (χ1) is 12.5. The second kappa shape index (κ2) is 7.13. The third-order valence-corrected chi connectivity index (χ3v) is 5.19. The predicted molar refractivity (Wildman–Crippen MR) is 92.7 cm³/mol. The minimum Gasteiger partial charge on any atom is -0.390 e. The number of aromatic nitrogens is 2. The van der Waals surface area contributed by atoms with Crippen molar-refractivity contribution in [3.63, 3.8) is 0 Å². The third kappa shape index (κ3) is 3.74. The van der Waals surface area contributed by atoms with Gasteiger partial charge in [-0.15, -0.1) is 0 Å². The average Bonchev–Trinajstić information content (AvgIpc) is 3.13. The highest BCUT2D eigenvalue weighted by Gasteiger charge is 2.42. The number of hydrogen-bond acceptors (Lipinski definition) is 8. The van der Waals surface area contributed by atoms with Crippen LogP contribution in [0.15, 0.2) is 6.33 Å². The van der Waals surface area contributed by atoms with Gasteiger partial charge >= 0.3 is 7.82 Å². The molecule has 2 aliphatic heterocycles. The number of imidazole rings is 1. The maximum Gasteiger partial charge on any atom is 0.469 e. The Kier molecular flexibility index (Phi) is 5.34. The van der Waals surface area contributed by atoms with Crippen LogP contribution in [-0.4, -0.2) is 93.4 Å². The molecule has 0 aliphatic carbocycles. The van der Waals surface area contributed by atoms with Gasteiger partial charge in [-0.25, -0.2) is 9.55 Å². The first-order valence-electron chi connectivity index (χ1n) is 8.28. The summed E-state index contributed by atoms with van der Waals surface area (Å²) in [4.78, 5) is 39.8. The van der Waals surface area contributed by atoms with Crippen LogP contribution in [0.2, 0.25) is 0 Å². The minimum atomic E-state index is -4.66. The summed E-state index contributed by atoms with van der Waals surface area (Å²) >= 11 is 0. The molecule has 1 unspecified atom stereocenters. The molecule has 0 bridgehead atoms. The number of aliphatic hydroxyl groups excluding tert-OH is 1. The molecule has 3 heterocycles. The van der Waals surface area contributed by atoms with Gasteiger partial charge in [0, 0.05) is 20.5 Å². The number of carbonyl (C=O) groups is 1. The van der Waals surface area contributed by atoms with Crippen LogP contribution in [0.5, 0.6) is 0 Å². The first-order valence-corrected chi connectivity index (χ1v) is 9.81. The summed E-state index contributed by atoms with van der Waals surface area (Å²) in [6, 6.07) is 0. The van der Waals surface area contributed by atoms with Crippen LogP contribution in [0, 0.1) is 0 Å². The molecule has 27 heavy (non-hydrogen) atoms. The number of ether oxygens (including phenoxy) is 1. The van der Waals surface area contributed by atoms with Gasteiger partial charge in [-0.1, -0.05) is 0 Å². The van der Waals surface area contributed by atoms with E-state index < -0.39 is 32.9 Å². The zero-order valence-electron chi connectivity index (χ0n) is 15.5. The highest BCUT2D eigenvalue weighted by molar-refractivity contribution is 7.46. The van der Waals surface area contributed by atoms with Crippen LogP contribution < -0.4 is 4.90 Å². The molecule has 0 radical (unpaired) electrons. The number of aliphatic hydroxyl groups is 1. The van der Waals surface area contributed by atoms with Crippen molar-refractivity contribution in [2.75, 3.05) is 39.7 Å². The molecule has 0 aromatic carbocycles. The number of phosphoric acid groups is 1. The summed E-state index contributed by atoms with van der Waals surface area (Å²) in [7, 11) is 2.55. The maximum atomic E-state index is 12.6. The van der Waals surface area contributed by atoms with Crippen LogP contribution >= 0.6 is 7.82 Å². The number of anilines is 1. The maximum absolute atomic E-state index is 12.6. The Morgan fingerprint density at radius 2 is 2.04 bits per heavy atom. The van der Waals surface area contributed by atoms with Gasteiger partial charge in [0.1, 0.15) is 18.1 Å². The molecule has 0 saturated carbocycles. The fourth-order valence-corrected chi connectivity index (χ4v) is 3.95. The van der Waals surface area contributed by atoms with Crippen LogP contribution in [0.3, 0.4) is 0 Å². The molecule has 152 valence electrons. The lowest BCUT2D eigenvalue weighted by Crippen LogP contribution is -2.59. The monoisotopic (exact) mass is 405 g/mol. The largest absolute Gasteiger partial charge is 0.469 e. The molecule has 4 atom stereocenters. The first kappa shape index (κ1) is 20.2. The number of fused-ring (bicyclic) bond motifs is 1. The van der Waals surface area contributed by atoms with E-state index in [2.05, 4.69) is 9.51 Å². The Hall–Kier alpha value is -1.53. The van der Waals surface area contributed by atoms with Crippen molar-refractivity contribution in [3.8, 4) is 0 Å². The van der Waals surface area contributed by atoms with Crippen molar-refractivity contribution < 1.29 is 33.5 Å². The molecule has 13 heteroatoms. The zero-order valence-corrected chi connectivity index (χ0v) is 16.4. The number of rotatable bonds is 5. The molecular formula is C14H24N5O7P. The second-order valence-electron chi connectivity index (χ2n) is 6.88. The molecule has 12 nitrogen and oxygen atoms in total. The van der Waals surface area contributed by atoms with Crippen LogP contribution in [0.25, 0.3) is 0 Å². The molecule has 1 saturated heterocycles. The van der Waals surface area contributed by atoms with Gasteiger partial charge in [0.15, 0.2) is 12.0 Å². The Labute approximate surface area is 156 Å². The van der Waals surface area contributed by atoms with Gasteiger partial charge in [-0.05, 0) is 14.1 Å². The van der Waals surface area contributed by atoms with E-state index >= 15 is 0 Å². The third-order valence-electron chi connectivity index (χ3n) is 4.70. The number of carbonyl (C=O) groups excluding carboxylic acids is 1. The number of hydrogen-bond donors (Lipinski definition) is 3. The SMILES string of the molecule is CN(C)C1N(C)C(=O)c2ncn([C@H]3C[C@H](O)[C@@H](COP(=O)(O)O)O3)c2N1C. The summed E-state index contributed by atoms with van der Waals surface area (Å²) in [6.45, 7) is -0.448. The van der Waals surface area contributed by atoms with E-state index in [0.29, 0.717) is 5.82 Å². The van der Waals surface area contributed by atoms with Crippen molar-refractivity contribution in [2.45, 2.75) is 31.1 Å². The van der Waals surface area contributed by atoms with Crippen molar-refractivity contribution in [2.24, 2.45) is 0 Å². The average molecular weight is 405 g/mol. The Bertz CT molecular complexity index is 765. The van der Waals surface area contributed by atoms with Gasteiger partial charge in [0.25, 0.3) is 5.91 Å². The van der Waals surface area contributed by atoms with Gasteiger partial charge in [0.05, 0.1) is 19.0 Å². The quantitative estimate of drug-likeness (QED) is 0.523. The van der Waals surface area contributed by atoms with Crippen molar-refractivity contribution in [3.05, 3.63) is 12.0 Å². The Morgan fingerprint density at radius 1 is 1.37 bits per heavy atom. The summed E-state index contributed by atoms with van der Waals surface area (Å²) in [5.74, 6) is 0.311. The van der Waals surface area contributed by atoms with E-state index in [1.54, 1.807) is 16.5 Å². The van der Waals surface area contributed by atoms with Crippen molar-refractivity contribution in [1.82, 2.24) is 19.4 Å². The Morgan fingerprint density at radius 3 is 2.63 bits per heavy atom. The second-order valence-corrected chi connectivity index (χ2v) is 8.12. The molecule has 1 aromatic heterocycles. The number of amides is 1. The van der Waals surface area contributed by atoms with Gasteiger partial charge in [0.2, 0.25) is 0 Å². The van der Waals surface area contributed by atoms with E-state index in [1.807, 2.05) is 30.9 Å². The summed E-state index contributed by atoms with van der Waals surface area (Å²) in [5, 5.41) is 10.2. The predicted octanol–water partition coefficient (Wildman–Crippen LogP) is -0.992. The topological polar surface area (TPSA) is 141 Å². The highest BCUT2D eigenvalue weighted by atomic mass is 31.2. The van der Waals surface area contributed by atoms with Gasteiger partial charge < -0.3 is 29.4 Å². The van der Waals surface area contributed by atoms with Crippen LogP contribution in [0.1, 0.15) is 23.1 Å². The van der Waals surface area contributed by atoms with Crippen LogP contribution in [-0.2, 0) is 13.8 Å². The summed E-state index contributed by atoms with van der Waals surface area (Å²) in [6.07, 6.45) is -1.23. The molecule has 2 aliphatic rings. The molecule has 1 aromatic rings. The lowest BCUT2D eigenvalue weighted by Gasteiger charge is -2.44. The zero-order chi connectivity index (χ0) is 20.1. The number of phosphoric ester groups is 1. The standard InChI is InChI=1S/C14H24N5O7P/c1-16(2)14-17(3)12-11(13(21)18(14)4)15-7-19(12)10-5-8(20)9(26-10)6-25-27(22,23)24/h7-10,14,20H,5-6H2,1-4H3,(H2,22,23,24)/t8-,9+,10+,14?/m0/s1.